The van der Waals surface area contributed by atoms with E-state index in [-0.39, 0.29) is 11.8 Å². The second-order valence-electron chi connectivity index (χ2n) is 6.49. The summed E-state index contributed by atoms with van der Waals surface area (Å²) >= 11 is 0. The summed E-state index contributed by atoms with van der Waals surface area (Å²) in [4.78, 5) is 26.7. The van der Waals surface area contributed by atoms with E-state index < -0.39 is 0 Å². The third-order valence-corrected chi connectivity index (χ3v) is 4.77. The zero-order valence-electron chi connectivity index (χ0n) is 13.5. The number of hydrogen-bond donors (Lipinski definition) is 2. The average molecular weight is 315 g/mol. The van der Waals surface area contributed by atoms with Crippen LogP contribution in [0.3, 0.4) is 0 Å². The molecular formula is C18H25N3O2. The molecule has 2 amide bonds. The van der Waals surface area contributed by atoms with Crippen LogP contribution < -0.4 is 10.6 Å². The van der Waals surface area contributed by atoms with Crippen molar-refractivity contribution >= 4 is 17.5 Å². The fourth-order valence-electron chi connectivity index (χ4n) is 3.38. The maximum atomic E-state index is 12.6. The normalized spacial score (nSPS) is 20.7. The number of nitrogens with one attached hydrogen (secondary N) is 2. The summed E-state index contributed by atoms with van der Waals surface area (Å²) in [5, 5.41) is 6.25. The van der Waals surface area contributed by atoms with Crippen molar-refractivity contribution in [2.75, 3.05) is 31.5 Å². The predicted octanol–water partition coefficient (Wildman–Crippen LogP) is 2.25. The molecule has 2 aliphatic rings. The topological polar surface area (TPSA) is 61.4 Å². The van der Waals surface area contributed by atoms with E-state index in [0.717, 1.165) is 51.9 Å². The van der Waals surface area contributed by atoms with Gasteiger partial charge in [-0.3, -0.25) is 9.59 Å². The molecule has 0 aromatic heterocycles. The fourth-order valence-corrected chi connectivity index (χ4v) is 3.38. The molecular weight excluding hydrogens is 290 g/mol. The predicted molar refractivity (Wildman–Crippen MR) is 90.4 cm³/mol. The molecule has 1 aromatic carbocycles. The third kappa shape index (κ3) is 4.10. The first-order valence-electron chi connectivity index (χ1n) is 8.63. The van der Waals surface area contributed by atoms with Gasteiger partial charge in [0.25, 0.3) is 5.91 Å². The lowest BCUT2D eigenvalue weighted by Crippen LogP contribution is -2.28. The first kappa shape index (κ1) is 16.0. The highest BCUT2D eigenvalue weighted by Gasteiger charge is 2.22. The van der Waals surface area contributed by atoms with Gasteiger partial charge < -0.3 is 15.5 Å². The van der Waals surface area contributed by atoms with Crippen molar-refractivity contribution < 1.29 is 9.59 Å². The summed E-state index contributed by atoms with van der Waals surface area (Å²) in [6, 6.07) is 7.33. The zero-order chi connectivity index (χ0) is 16.1. The maximum Gasteiger partial charge on any atom is 0.255 e. The van der Waals surface area contributed by atoms with Gasteiger partial charge in [-0.2, -0.15) is 0 Å². The van der Waals surface area contributed by atoms with Crippen LogP contribution in [0, 0.1) is 5.92 Å². The van der Waals surface area contributed by atoms with Crippen molar-refractivity contribution in [2.45, 2.75) is 32.1 Å². The smallest absolute Gasteiger partial charge is 0.255 e. The molecule has 0 radical (unpaired) electrons. The summed E-state index contributed by atoms with van der Waals surface area (Å²) < 4.78 is 0. The zero-order valence-corrected chi connectivity index (χ0v) is 13.5. The van der Waals surface area contributed by atoms with Gasteiger partial charge in [0.05, 0.1) is 11.3 Å². The van der Waals surface area contributed by atoms with Gasteiger partial charge in [0.1, 0.15) is 0 Å². The maximum absolute atomic E-state index is 12.6. The minimum atomic E-state index is -0.00132. The molecule has 1 unspecified atom stereocenters. The SMILES string of the molecule is O=C(CCC1CCNC1)Nc1ccccc1C(=O)N1CCCC1. The number of rotatable bonds is 5. The molecule has 2 aliphatic heterocycles. The quantitative estimate of drug-likeness (QED) is 0.876. The van der Waals surface area contributed by atoms with Gasteiger partial charge in [0, 0.05) is 19.5 Å². The lowest BCUT2D eigenvalue weighted by atomic mass is 10.0. The number of carbonyl (C=O) groups excluding carboxylic acids is 2. The Kier molecular flexibility index (Phi) is 5.28. The lowest BCUT2D eigenvalue weighted by molar-refractivity contribution is -0.116. The van der Waals surface area contributed by atoms with Crippen molar-refractivity contribution in [3.05, 3.63) is 29.8 Å². The number of anilines is 1. The molecule has 1 atom stereocenters. The molecule has 2 saturated heterocycles. The number of likely N-dealkylation sites (tertiary alicyclic amines) is 1. The molecule has 3 rings (SSSR count). The Bertz CT molecular complexity index is 561. The second kappa shape index (κ2) is 7.59. The van der Waals surface area contributed by atoms with Crippen molar-refractivity contribution in [3.8, 4) is 0 Å². The third-order valence-electron chi connectivity index (χ3n) is 4.77. The van der Waals surface area contributed by atoms with Crippen LogP contribution in [0.4, 0.5) is 5.69 Å². The van der Waals surface area contributed by atoms with E-state index in [4.69, 9.17) is 0 Å². The first-order valence-corrected chi connectivity index (χ1v) is 8.63. The molecule has 23 heavy (non-hydrogen) atoms. The summed E-state index contributed by atoms with van der Waals surface area (Å²) in [6.07, 6.45) is 4.70. The molecule has 0 aliphatic carbocycles. The minimum absolute atomic E-state index is 0.00132. The van der Waals surface area contributed by atoms with E-state index in [2.05, 4.69) is 10.6 Å². The van der Waals surface area contributed by atoms with Crippen molar-refractivity contribution in [3.63, 3.8) is 0 Å². The fraction of sp³-hybridized carbons (Fsp3) is 0.556. The van der Waals surface area contributed by atoms with Crippen LogP contribution in [-0.2, 0) is 4.79 Å². The highest BCUT2D eigenvalue weighted by molar-refractivity contribution is 6.03. The number of amides is 2. The Hall–Kier alpha value is -1.88. The Morgan fingerprint density at radius 1 is 1.22 bits per heavy atom. The molecule has 5 heteroatoms. The van der Waals surface area contributed by atoms with Crippen LogP contribution in [0.15, 0.2) is 24.3 Å². The highest BCUT2D eigenvalue weighted by Crippen LogP contribution is 2.21. The van der Waals surface area contributed by atoms with Gasteiger partial charge in [-0.05, 0) is 56.8 Å². The van der Waals surface area contributed by atoms with Gasteiger partial charge in [-0.15, -0.1) is 0 Å². The van der Waals surface area contributed by atoms with E-state index >= 15 is 0 Å². The molecule has 0 spiro atoms. The Labute approximate surface area is 137 Å². The number of para-hydroxylation sites is 1. The summed E-state index contributed by atoms with van der Waals surface area (Å²) in [7, 11) is 0. The van der Waals surface area contributed by atoms with Gasteiger partial charge in [-0.25, -0.2) is 0 Å². The van der Waals surface area contributed by atoms with Crippen LogP contribution in [-0.4, -0.2) is 42.9 Å². The minimum Gasteiger partial charge on any atom is -0.339 e. The largest absolute Gasteiger partial charge is 0.339 e. The first-order chi connectivity index (χ1) is 11.2. The number of nitrogens with zero attached hydrogens (tertiary/aromatic N) is 1. The van der Waals surface area contributed by atoms with Crippen LogP contribution in [0.5, 0.6) is 0 Å². The van der Waals surface area contributed by atoms with Crippen molar-refractivity contribution in [1.82, 2.24) is 10.2 Å². The van der Waals surface area contributed by atoms with Crippen LogP contribution >= 0.6 is 0 Å². The lowest BCUT2D eigenvalue weighted by Gasteiger charge is -2.18. The van der Waals surface area contributed by atoms with Gasteiger partial charge in [0.15, 0.2) is 0 Å². The van der Waals surface area contributed by atoms with E-state index in [9.17, 15) is 9.59 Å². The van der Waals surface area contributed by atoms with Crippen molar-refractivity contribution in [1.29, 1.82) is 0 Å². The number of hydrogen-bond acceptors (Lipinski definition) is 3. The summed E-state index contributed by atoms with van der Waals surface area (Å²) in [5.41, 5.74) is 1.24. The van der Waals surface area contributed by atoms with Crippen molar-refractivity contribution in [2.24, 2.45) is 5.92 Å². The molecule has 2 N–H and O–H groups in total. The average Bonchev–Trinajstić information content (AvgIpc) is 3.26. The van der Waals surface area contributed by atoms with E-state index in [1.807, 2.05) is 23.1 Å². The van der Waals surface area contributed by atoms with E-state index in [1.165, 1.54) is 0 Å². The number of carbonyl (C=O) groups is 2. The Balaban J connectivity index is 1.60. The molecule has 1 aromatic rings. The second-order valence-corrected chi connectivity index (χ2v) is 6.49. The highest BCUT2D eigenvalue weighted by atomic mass is 16.2. The molecule has 124 valence electrons. The summed E-state index contributed by atoms with van der Waals surface area (Å²) in [5.74, 6) is 0.624. The Morgan fingerprint density at radius 3 is 2.74 bits per heavy atom. The van der Waals surface area contributed by atoms with Gasteiger partial charge >= 0.3 is 0 Å². The van der Waals surface area contributed by atoms with E-state index in [1.54, 1.807) is 6.07 Å². The molecule has 0 bridgehead atoms. The molecule has 5 nitrogen and oxygen atoms in total. The monoisotopic (exact) mass is 315 g/mol. The standard InChI is InChI=1S/C18H25N3O2/c22-17(8-7-14-9-10-19-13-14)20-16-6-2-1-5-15(16)18(23)21-11-3-4-12-21/h1-2,5-6,14,19H,3-4,7-13H2,(H,20,22). The molecule has 0 saturated carbocycles. The van der Waals surface area contributed by atoms with Gasteiger partial charge in [0.2, 0.25) is 5.91 Å². The molecule has 2 fully saturated rings. The van der Waals surface area contributed by atoms with Crippen LogP contribution in [0.2, 0.25) is 0 Å². The van der Waals surface area contributed by atoms with Gasteiger partial charge in [-0.1, -0.05) is 12.1 Å². The van der Waals surface area contributed by atoms with E-state index in [0.29, 0.717) is 23.6 Å². The summed E-state index contributed by atoms with van der Waals surface area (Å²) in [6.45, 7) is 3.70. The Morgan fingerprint density at radius 2 is 2.00 bits per heavy atom. The van der Waals surface area contributed by atoms with Crippen LogP contribution in [0.25, 0.3) is 0 Å². The van der Waals surface area contributed by atoms with Crippen LogP contribution in [0.1, 0.15) is 42.5 Å². The number of benzene rings is 1. The molecule has 2 heterocycles.